The SMILES string of the molecule is COc1cc2c(cc1C=C(C#N)c1ccccc1F)OCO2. The van der Waals surface area contributed by atoms with Gasteiger partial charge in [-0.25, -0.2) is 4.39 Å². The summed E-state index contributed by atoms with van der Waals surface area (Å²) in [5.41, 5.74) is 1.06. The van der Waals surface area contributed by atoms with Crippen LogP contribution in [0.1, 0.15) is 11.1 Å². The van der Waals surface area contributed by atoms with Crippen molar-refractivity contribution in [2.75, 3.05) is 13.9 Å². The summed E-state index contributed by atoms with van der Waals surface area (Å²) < 4.78 is 29.8. The highest BCUT2D eigenvalue weighted by molar-refractivity contribution is 5.91. The molecule has 0 unspecified atom stereocenters. The summed E-state index contributed by atoms with van der Waals surface area (Å²) in [5.74, 6) is 1.22. The highest BCUT2D eigenvalue weighted by Crippen LogP contribution is 2.39. The van der Waals surface area contributed by atoms with Crippen molar-refractivity contribution in [1.82, 2.24) is 0 Å². The van der Waals surface area contributed by atoms with Crippen molar-refractivity contribution in [2.24, 2.45) is 0 Å². The van der Waals surface area contributed by atoms with Crippen LogP contribution in [-0.2, 0) is 0 Å². The molecule has 0 atom stereocenters. The molecule has 4 nitrogen and oxygen atoms in total. The molecule has 2 aromatic carbocycles. The number of nitriles is 1. The number of ether oxygens (including phenoxy) is 3. The van der Waals surface area contributed by atoms with E-state index >= 15 is 0 Å². The molecule has 1 aliphatic heterocycles. The molecular formula is C17H12FNO3. The van der Waals surface area contributed by atoms with E-state index in [2.05, 4.69) is 0 Å². The van der Waals surface area contributed by atoms with Gasteiger partial charge in [0.15, 0.2) is 11.5 Å². The molecule has 1 heterocycles. The largest absolute Gasteiger partial charge is 0.496 e. The molecule has 0 spiro atoms. The first kappa shape index (κ1) is 14.0. The van der Waals surface area contributed by atoms with Crippen LogP contribution in [0.15, 0.2) is 36.4 Å². The van der Waals surface area contributed by atoms with Gasteiger partial charge in [0.2, 0.25) is 6.79 Å². The predicted octanol–water partition coefficient (Wildman–Crippen LogP) is 3.63. The maximum atomic E-state index is 13.9. The van der Waals surface area contributed by atoms with Crippen LogP contribution in [0, 0.1) is 17.1 Å². The lowest BCUT2D eigenvalue weighted by Gasteiger charge is -2.08. The Bertz CT molecular complexity index is 793. The Labute approximate surface area is 127 Å². The van der Waals surface area contributed by atoms with Crippen LogP contribution in [0.2, 0.25) is 0 Å². The highest BCUT2D eigenvalue weighted by Gasteiger charge is 2.18. The molecule has 3 rings (SSSR count). The second-order valence-electron chi connectivity index (χ2n) is 4.60. The Morgan fingerprint density at radius 3 is 2.68 bits per heavy atom. The van der Waals surface area contributed by atoms with E-state index in [1.54, 1.807) is 36.4 Å². The van der Waals surface area contributed by atoms with Crippen molar-refractivity contribution in [3.05, 3.63) is 53.3 Å². The molecule has 0 amide bonds. The normalized spacial score (nSPS) is 12.9. The van der Waals surface area contributed by atoms with Crippen molar-refractivity contribution in [3.63, 3.8) is 0 Å². The number of halogens is 1. The third-order valence-corrected chi connectivity index (χ3v) is 3.31. The van der Waals surface area contributed by atoms with Crippen molar-refractivity contribution in [2.45, 2.75) is 0 Å². The van der Waals surface area contributed by atoms with Gasteiger partial charge >= 0.3 is 0 Å². The Hall–Kier alpha value is -3.00. The first-order chi connectivity index (χ1) is 10.7. The van der Waals surface area contributed by atoms with Crippen LogP contribution < -0.4 is 14.2 Å². The van der Waals surface area contributed by atoms with Crippen molar-refractivity contribution in [3.8, 4) is 23.3 Å². The molecule has 1 aliphatic rings. The summed E-state index contributed by atoms with van der Waals surface area (Å²) in [7, 11) is 1.52. The Morgan fingerprint density at radius 1 is 1.27 bits per heavy atom. The zero-order chi connectivity index (χ0) is 15.5. The third-order valence-electron chi connectivity index (χ3n) is 3.31. The van der Waals surface area contributed by atoms with Crippen LogP contribution in [0.4, 0.5) is 4.39 Å². The average Bonchev–Trinajstić information content (AvgIpc) is 2.99. The highest BCUT2D eigenvalue weighted by atomic mass is 19.1. The molecule has 0 aromatic heterocycles. The zero-order valence-corrected chi connectivity index (χ0v) is 11.8. The molecule has 0 N–H and O–H groups in total. The molecule has 0 radical (unpaired) electrons. The predicted molar refractivity (Wildman–Crippen MR) is 79.0 cm³/mol. The van der Waals surface area contributed by atoms with Gasteiger partial charge in [-0.3, -0.25) is 0 Å². The van der Waals surface area contributed by atoms with Gasteiger partial charge in [-0.2, -0.15) is 5.26 Å². The van der Waals surface area contributed by atoms with E-state index in [1.165, 1.54) is 13.2 Å². The average molecular weight is 297 g/mol. The molecule has 0 fully saturated rings. The van der Waals surface area contributed by atoms with Crippen LogP contribution in [0.3, 0.4) is 0 Å². The number of hydrogen-bond acceptors (Lipinski definition) is 4. The summed E-state index contributed by atoms with van der Waals surface area (Å²) in [5, 5.41) is 9.34. The fraction of sp³-hybridized carbons (Fsp3) is 0.118. The van der Waals surface area contributed by atoms with Crippen LogP contribution in [0.5, 0.6) is 17.2 Å². The molecule has 22 heavy (non-hydrogen) atoms. The Morgan fingerprint density at radius 2 is 2.00 bits per heavy atom. The number of nitrogens with zero attached hydrogens (tertiary/aromatic N) is 1. The first-order valence-corrected chi connectivity index (χ1v) is 6.57. The van der Waals surface area contributed by atoms with Crippen LogP contribution in [-0.4, -0.2) is 13.9 Å². The van der Waals surface area contributed by atoms with Gasteiger partial charge in [0, 0.05) is 17.2 Å². The summed E-state index contributed by atoms with van der Waals surface area (Å²) in [4.78, 5) is 0. The minimum atomic E-state index is -0.449. The summed E-state index contributed by atoms with van der Waals surface area (Å²) >= 11 is 0. The van der Waals surface area contributed by atoms with Crippen LogP contribution >= 0.6 is 0 Å². The number of methoxy groups -OCH3 is 1. The lowest BCUT2D eigenvalue weighted by molar-refractivity contribution is 0.174. The molecule has 0 bridgehead atoms. The van der Waals surface area contributed by atoms with Gasteiger partial charge in [-0.15, -0.1) is 0 Å². The maximum absolute atomic E-state index is 13.9. The quantitative estimate of drug-likeness (QED) is 0.641. The zero-order valence-electron chi connectivity index (χ0n) is 11.8. The number of hydrogen-bond donors (Lipinski definition) is 0. The van der Waals surface area contributed by atoms with Gasteiger partial charge < -0.3 is 14.2 Å². The van der Waals surface area contributed by atoms with Gasteiger partial charge in [-0.1, -0.05) is 18.2 Å². The summed E-state index contributed by atoms with van der Waals surface area (Å²) in [6, 6.07) is 11.5. The monoisotopic (exact) mass is 297 g/mol. The molecule has 2 aromatic rings. The smallest absolute Gasteiger partial charge is 0.231 e. The van der Waals surface area contributed by atoms with Gasteiger partial charge in [0.25, 0.3) is 0 Å². The van der Waals surface area contributed by atoms with Gasteiger partial charge in [0.05, 0.1) is 18.8 Å². The van der Waals surface area contributed by atoms with E-state index < -0.39 is 5.82 Å². The minimum Gasteiger partial charge on any atom is -0.496 e. The lowest BCUT2D eigenvalue weighted by atomic mass is 10.0. The van der Waals surface area contributed by atoms with E-state index in [0.717, 1.165) is 0 Å². The third kappa shape index (κ3) is 2.47. The van der Waals surface area contributed by atoms with Gasteiger partial charge in [-0.05, 0) is 18.2 Å². The molecular weight excluding hydrogens is 285 g/mol. The topological polar surface area (TPSA) is 51.5 Å². The standard InChI is InChI=1S/C17H12FNO3/c1-20-15-8-17-16(21-10-22-17)7-11(15)6-12(9-19)13-4-2-3-5-14(13)18/h2-8H,10H2,1H3. The fourth-order valence-corrected chi connectivity index (χ4v) is 2.23. The number of fused-ring (bicyclic) bond motifs is 1. The number of allylic oxidation sites excluding steroid dienone is 1. The molecule has 5 heteroatoms. The van der Waals surface area contributed by atoms with Crippen molar-refractivity contribution >= 4 is 11.6 Å². The van der Waals surface area contributed by atoms with Crippen molar-refractivity contribution < 1.29 is 18.6 Å². The second-order valence-corrected chi connectivity index (χ2v) is 4.60. The van der Waals surface area contributed by atoms with Crippen LogP contribution in [0.25, 0.3) is 11.6 Å². The summed E-state index contributed by atoms with van der Waals surface area (Å²) in [6.45, 7) is 0.143. The maximum Gasteiger partial charge on any atom is 0.231 e. The number of benzene rings is 2. The fourth-order valence-electron chi connectivity index (χ4n) is 2.23. The van der Waals surface area contributed by atoms with E-state index in [0.29, 0.717) is 22.8 Å². The number of rotatable bonds is 3. The Kier molecular flexibility index (Phi) is 3.67. The first-order valence-electron chi connectivity index (χ1n) is 6.57. The molecule has 0 aliphatic carbocycles. The summed E-state index contributed by atoms with van der Waals surface area (Å²) in [6.07, 6.45) is 1.57. The van der Waals surface area contributed by atoms with E-state index in [4.69, 9.17) is 14.2 Å². The second kappa shape index (κ2) is 5.78. The molecule has 110 valence electrons. The van der Waals surface area contributed by atoms with Crippen molar-refractivity contribution in [1.29, 1.82) is 5.26 Å². The Balaban J connectivity index is 2.11. The van der Waals surface area contributed by atoms with E-state index in [9.17, 15) is 9.65 Å². The van der Waals surface area contributed by atoms with E-state index in [-0.39, 0.29) is 17.9 Å². The minimum absolute atomic E-state index is 0.143. The van der Waals surface area contributed by atoms with Gasteiger partial charge in [0.1, 0.15) is 11.6 Å². The molecule has 0 saturated heterocycles. The molecule has 0 saturated carbocycles. The lowest BCUT2D eigenvalue weighted by Crippen LogP contribution is -1.92. The van der Waals surface area contributed by atoms with E-state index in [1.807, 2.05) is 6.07 Å².